The van der Waals surface area contributed by atoms with Crippen molar-refractivity contribution in [3.05, 3.63) is 59.4 Å². The zero-order valence-electron chi connectivity index (χ0n) is 13.6. The number of nitrogens with two attached hydrogens (primary N) is 1. The van der Waals surface area contributed by atoms with E-state index in [9.17, 15) is 5.11 Å². The highest BCUT2D eigenvalue weighted by Crippen LogP contribution is 2.26. The zero-order chi connectivity index (χ0) is 17.1. The molecular weight excluding hydrogens is 302 g/mol. The van der Waals surface area contributed by atoms with Crippen LogP contribution in [0.5, 0.6) is 5.75 Å². The van der Waals surface area contributed by atoms with Gasteiger partial charge in [-0.15, -0.1) is 0 Å². The third-order valence-corrected chi connectivity index (χ3v) is 3.88. The zero-order valence-corrected chi connectivity index (χ0v) is 13.6. The van der Waals surface area contributed by atoms with Gasteiger partial charge in [-0.2, -0.15) is 4.98 Å². The second-order valence-electron chi connectivity index (χ2n) is 5.61. The van der Waals surface area contributed by atoms with Crippen LogP contribution < -0.4 is 11.1 Å². The average Bonchev–Trinajstić information content (AvgIpc) is 2.56. The van der Waals surface area contributed by atoms with Gasteiger partial charge in [0, 0.05) is 11.6 Å². The Balaban J connectivity index is 1.86. The van der Waals surface area contributed by atoms with E-state index in [0.717, 1.165) is 17.0 Å². The van der Waals surface area contributed by atoms with Gasteiger partial charge in [-0.1, -0.05) is 18.2 Å². The predicted molar refractivity (Wildman–Crippen MR) is 94.6 cm³/mol. The number of aromatic hydroxyl groups is 1. The molecule has 3 aromatic rings. The van der Waals surface area contributed by atoms with Gasteiger partial charge in [-0.05, 0) is 37.1 Å². The van der Waals surface area contributed by atoms with Gasteiger partial charge in [0.05, 0.1) is 24.1 Å². The largest absolute Gasteiger partial charge is 0.506 e. The summed E-state index contributed by atoms with van der Waals surface area (Å²) >= 11 is 0. The molecule has 6 heteroatoms. The molecule has 4 N–H and O–H groups in total. The fraction of sp³-hybridized carbons (Fsp3) is 0.167. The van der Waals surface area contributed by atoms with Crippen molar-refractivity contribution in [2.45, 2.75) is 20.4 Å². The molecule has 0 aliphatic heterocycles. The van der Waals surface area contributed by atoms with Crippen LogP contribution >= 0.6 is 0 Å². The lowest BCUT2D eigenvalue weighted by molar-refractivity contribution is 0.472. The highest BCUT2D eigenvalue weighted by Gasteiger charge is 2.09. The molecule has 0 saturated heterocycles. The van der Waals surface area contributed by atoms with Crippen LogP contribution in [0.4, 0.5) is 11.8 Å². The second-order valence-corrected chi connectivity index (χ2v) is 5.61. The fourth-order valence-electron chi connectivity index (χ4n) is 2.43. The van der Waals surface area contributed by atoms with E-state index < -0.39 is 0 Å². The highest BCUT2D eigenvalue weighted by atomic mass is 16.3. The Morgan fingerprint density at radius 2 is 1.96 bits per heavy atom. The summed E-state index contributed by atoms with van der Waals surface area (Å²) in [4.78, 5) is 12.7. The van der Waals surface area contributed by atoms with Crippen molar-refractivity contribution >= 4 is 11.8 Å². The van der Waals surface area contributed by atoms with Gasteiger partial charge < -0.3 is 16.2 Å². The summed E-state index contributed by atoms with van der Waals surface area (Å²) in [6.45, 7) is 4.61. The number of hydrogen-bond acceptors (Lipinski definition) is 6. The molecule has 2 heterocycles. The quantitative estimate of drug-likeness (QED) is 0.683. The maximum Gasteiger partial charge on any atom is 0.222 e. The van der Waals surface area contributed by atoms with Crippen molar-refractivity contribution in [3.8, 4) is 17.0 Å². The molecule has 6 nitrogen and oxygen atoms in total. The van der Waals surface area contributed by atoms with Crippen molar-refractivity contribution in [3.63, 3.8) is 0 Å². The van der Waals surface area contributed by atoms with E-state index in [0.29, 0.717) is 12.4 Å². The van der Waals surface area contributed by atoms with Crippen molar-refractivity contribution in [2.75, 3.05) is 11.1 Å². The van der Waals surface area contributed by atoms with Crippen molar-refractivity contribution in [2.24, 2.45) is 0 Å². The maximum atomic E-state index is 9.27. The molecule has 24 heavy (non-hydrogen) atoms. The Morgan fingerprint density at radius 1 is 1.12 bits per heavy atom. The van der Waals surface area contributed by atoms with Gasteiger partial charge in [0.2, 0.25) is 5.95 Å². The van der Waals surface area contributed by atoms with Crippen LogP contribution in [-0.2, 0) is 6.54 Å². The predicted octanol–water partition coefficient (Wildman–Crippen LogP) is 3.06. The topological polar surface area (TPSA) is 97.0 Å². The summed E-state index contributed by atoms with van der Waals surface area (Å²) in [5.74, 6) is 0.991. The van der Waals surface area contributed by atoms with E-state index in [-0.39, 0.29) is 11.7 Å². The SMILES string of the molecule is Cc1cccc(-c2cc(NCc3ccc(O)cn3)nc(N)n2)c1C. The Kier molecular flexibility index (Phi) is 4.29. The third kappa shape index (κ3) is 3.43. The number of hydrogen-bond donors (Lipinski definition) is 3. The Bertz CT molecular complexity index is 862. The van der Waals surface area contributed by atoms with Gasteiger partial charge in [-0.3, -0.25) is 4.98 Å². The van der Waals surface area contributed by atoms with Crippen LogP contribution in [0.1, 0.15) is 16.8 Å². The van der Waals surface area contributed by atoms with Crippen molar-refractivity contribution in [1.29, 1.82) is 0 Å². The first-order valence-electron chi connectivity index (χ1n) is 7.62. The van der Waals surface area contributed by atoms with Crippen LogP contribution in [0.15, 0.2) is 42.6 Å². The smallest absolute Gasteiger partial charge is 0.222 e. The molecule has 2 aromatic heterocycles. The van der Waals surface area contributed by atoms with Gasteiger partial charge in [0.15, 0.2) is 0 Å². The maximum absolute atomic E-state index is 9.27. The molecule has 3 rings (SSSR count). The number of benzene rings is 1. The Labute approximate surface area is 140 Å². The minimum Gasteiger partial charge on any atom is -0.506 e. The summed E-state index contributed by atoms with van der Waals surface area (Å²) in [5, 5.41) is 12.5. The normalized spacial score (nSPS) is 10.6. The molecular formula is C18H19N5O. The average molecular weight is 321 g/mol. The molecule has 1 aromatic carbocycles. The van der Waals surface area contributed by atoms with Gasteiger partial charge >= 0.3 is 0 Å². The molecule has 0 aliphatic rings. The summed E-state index contributed by atoms with van der Waals surface area (Å²) in [7, 11) is 0. The van der Waals surface area contributed by atoms with Crippen molar-refractivity contribution in [1.82, 2.24) is 15.0 Å². The van der Waals surface area contributed by atoms with Gasteiger partial charge in [0.1, 0.15) is 11.6 Å². The van der Waals surface area contributed by atoms with Gasteiger partial charge in [-0.25, -0.2) is 4.98 Å². The minimum absolute atomic E-state index is 0.141. The van der Waals surface area contributed by atoms with Crippen LogP contribution in [0, 0.1) is 13.8 Å². The first kappa shape index (κ1) is 15.7. The standard InChI is InChI=1S/C18H19N5O/c1-11-4-3-5-15(12(11)2)16-8-17(23-18(19)22-16)21-9-13-6-7-14(24)10-20-13/h3-8,10,24H,9H2,1-2H3,(H3,19,21,22,23). The molecule has 0 saturated carbocycles. The van der Waals surface area contributed by atoms with Crippen molar-refractivity contribution < 1.29 is 5.11 Å². The number of nitrogens with one attached hydrogen (secondary N) is 1. The molecule has 0 spiro atoms. The number of aryl methyl sites for hydroxylation is 1. The number of nitrogens with zero attached hydrogens (tertiary/aromatic N) is 3. The van der Waals surface area contributed by atoms with Gasteiger partial charge in [0.25, 0.3) is 0 Å². The molecule has 0 radical (unpaired) electrons. The molecule has 122 valence electrons. The molecule has 0 fully saturated rings. The number of pyridine rings is 1. The summed E-state index contributed by atoms with van der Waals surface area (Å²) in [6, 6.07) is 11.3. The number of rotatable bonds is 4. The number of nitrogen functional groups attached to an aromatic ring is 1. The monoisotopic (exact) mass is 321 g/mol. The molecule has 0 unspecified atom stereocenters. The number of anilines is 2. The molecule has 0 aliphatic carbocycles. The first-order chi connectivity index (χ1) is 11.5. The Hall–Kier alpha value is -3.15. The lowest BCUT2D eigenvalue weighted by Crippen LogP contribution is -2.06. The highest BCUT2D eigenvalue weighted by molar-refractivity contribution is 5.68. The molecule has 0 bridgehead atoms. The van der Waals surface area contributed by atoms with E-state index in [1.54, 1.807) is 12.1 Å². The number of aromatic nitrogens is 3. The first-order valence-corrected chi connectivity index (χ1v) is 7.62. The van der Waals surface area contributed by atoms with E-state index in [1.807, 2.05) is 18.2 Å². The van der Waals surface area contributed by atoms with Crippen LogP contribution in [0.2, 0.25) is 0 Å². The van der Waals surface area contributed by atoms with E-state index in [2.05, 4.69) is 40.2 Å². The van der Waals surface area contributed by atoms with Crippen LogP contribution in [0.25, 0.3) is 11.3 Å². The molecule has 0 atom stereocenters. The van der Waals surface area contributed by atoms with E-state index in [4.69, 9.17) is 5.73 Å². The van der Waals surface area contributed by atoms with E-state index >= 15 is 0 Å². The summed E-state index contributed by atoms with van der Waals surface area (Å²) < 4.78 is 0. The summed E-state index contributed by atoms with van der Waals surface area (Å²) in [6.07, 6.45) is 1.41. The summed E-state index contributed by atoms with van der Waals surface area (Å²) in [5.41, 5.74) is 10.8. The molecule has 0 amide bonds. The lowest BCUT2D eigenvalue weighted by atomic mass is 10.0. The third-order valence-electron chi connectivity index (χ3n) is 3.88. The minimum atomic E-state index is 0.141. The Morgan fingerprint density at radius 3 is 2.71 bits per heavy atom. The van der Waals surface area contributed by atoms with E-state index in [1.165, 1.54) is 17.3 Å². The van der Waals surface area contributed by atoms with Crippen LogP contribution in [0.3, 0.4) is 0 Å². The van der Waals surface area contributed by atoms with Crippen LogP contribution in [-0.4, -0.2) is 20.1 Å². The second kappa shape index (κ2) is 6.54. The lowest BCUT2D eigenvalue weighted by Gasteiger charge is -2.11. The fourth-order valence-corrected chi connectivity index (χ4v) is 2.43.